The van der Waals surface area contributed by atoms with Gasteiger partial charge in [0.05, 0.1) is 12.2 Å². The van der Waals surface area contributed by atoms with Crippen LogP contribution in [0.4, 0.5) is 0 Å². The molecule has 0 amide bonds. The van der Waals surface area contributed by atoms with E-state index in [0.29, 0.717) is 13.4 Å². The molecule has 82 valence electrons. The summed E-state index contributed by atoms with van der Waals surface area (Å²) in [7, 11) is 0. The molecule has 1 saturated heterocycles. The molecular weight excluding hydrogens is 192 g/mol. The molecule has 1 aromatic rings. The van der Waals surface area contributed by atoms with Crippen molar-refractivity contribution < 1.29 is 14.6 Å². The maximum absolute atomic E-state index is 9.79. The molecule has 0 radical (unpaired) electrons. The first kappa shape index (κ1) is 10.6. The van der Waals surface area contributed by atoms with Crippen LogP contribution in [-0.4, -0.2) is 18.5 Å². The van der Waals surface area contributed by atoms with Crippen molar-refractivity contribution in [3.63, 3.8) is 0 Å². The zero-order valence-electron chi connectivity index (χ0n) is 9.06. The minimum absolute atomic E-state index is 0.0425. The van der Waals surface area contributed by atoms with Gasteiger partial charge in [0, 0.05) is 0 Å². The van der Waals surface area contributed by atoms with Gasteiger partial charge in [-0.25, -0.2) is 0 Å². The van der Waals surface area contributed by atoms with Crippen LogP contribution in [0.5, 0.6) is 0 Å². The Hall–Kier alpha value is -0.900. The highest BCUT2D eigenvalue weighted by Crippen LogP contribution is 2.25. The average molecular weight is 208 g/mol. The molecule has 0 saturated carbocycles. The molecule has 1 aliphatic heterocycles. The normalized spacial score (nSPS) is 21.9. The topological polar surface area (TPSA) is 38.7 Å². The molecule has 0 spiro atoms. The number of rotatable bonds is 2. The van der Waals surface area contributed by atoms with Crippen molar-refractivity contribution in [2.75, 3.05) is 13.4 Å². The Labute approximate surface area is 89.6 Å². The largest absolute Gasteiger partial charge is 0.386 e. The van der Waals surface area contributed by atoms with E-state index in [0.717, 1.165) is 11.1 Å². The second kappa shape index (κ2) is 3.93. The van der Waals surface area contributed by atoms with Gasteiger partial charge in [-0.15, -0.1) is 0 Å². The first-order valence-electron chi connectivity index (χ1n) is 5.09. The zero-order valence-corrected chi connectivity index (χ0v) is 9.06. The van der Waals surface area contributed by atoms with E-state index in [1.165, 1.54) is 0 Å². The minimum Gasteiger partial charge on any atom is -0.386 e. The van der Waals surface area contributed by atoms with Crippen molar-refractivity contribution in [3.05, 3.63) is 35.4 Å². The maximum atomic E-state index is 9.79. The van der Waals surface area contributed by atoms with Crippen LogP contribution in [0.1, 0.15) is 31.1 Å². The van der Waals surface area contributed by atoms with Crippen LogP contribution in [0.15, 0.2) is 24.3 Å². The number of hydrogen-bond donors (Lipinski definition) is 1. The predicted octanol–water partition coefficient (Wildman–Crippen LogP) is 1.96. The van der Waals surface area contributed by atoms with E-state index < -0.39 is 5.60 Å². The molecule has 1 heterocycles. The Kier molecular flexibility index (Phi) is 2.78. The standard InChI is InChI=1S/C12H16O3/c1-12(2,13)10-5-3-9(4-6-10)11-7-14-8-15-11/h3-6,11,13H,7-8H2,1-2H3. The van der Waals surface area contributed by atoms with Gasteiger partial charge >= 0.3 is 0 Å². The molecule has 1 aromatic carbocycles. The van der Waals surface area contributed by atoms with Crippen LogP contribution in [0, 0.1) is 0 Å². The molecule has 3 heteroatoms. The van der Waals surface area contributed by atoms with Gasteiger partial charge in [-0.3, -0.25) is 0 Å². The van der Waals surface area contributed by atoms with Crippen LogP contribution in [0.2, 0.25) is 0 Å². The third-order valence-electron chi connectivity index (χ3n) is 2.61. The van der Waals surface area contributed by atoms with Gasteiger partial charge in [-0.1, -0.05) is 24.3 Å². The Balaban J connectivity index is 2.16. The molecule has 0 bridgehead atoms. The molecule has 15 heavy (non-hydrogen) atoms. The van der Waals surface area contributed by atoms with E-state index >= 15 is 0 Å². The number of aliphatic hydroxyl groups is 1. The van der Waals surface area contributed by atoms with E-state index in [9.17, 15) is 5.11 Å². The van der Waals surface area contributed by atoms with Gasteiger partial charge < -0.3 is 14.6 Å². The van der Waals surface area contributed by atoms with Crippen LogP contribution < -0.4 is 0 Å². The molecule has 2 rings (SSSR count). The zero-order chi connectivity index (χ0) is 10.9. The van der Waals surface area contributed by atoms with Crippen LogP contribution in [-0.2, 0) is 15.1 Å². The lowest BCUT2D eigenvalue weighted by molar-refractivity contribution is 0.0464. The SMILES string of the molecule is CC(C)(O)c1ccc(C2COCO2)cc1. The lowest BCUT2D eigenvalue weighted by Crippen LogP contribution is -2.15. The fourth-order valence-corrected chi connectivity index (χ4v) is 1.63. The second-order valence-electron chi connectivity index (χ2n) is 4.32. The van der Waals surface area contributed by atoms with E-state index in [2.05, 4.69) is 0 Å². The van der Waals surface area contributed by atoms with Crippen molar-refractivity contribution in [2.45, 2.75) is 25.6 Å². The highest BCUT2D eigenvalue weighted by Gasteiger charge is 2.20. The Morgan fingerprint density at radius 1 is 1.27 bits per heavy atom. The fraction of sp³-hybridized carbons (Fsp3) is 0.500. The molecular formula is C12H16O3. The summed E-state index contributed by atoms with van der Waals surface area (Å²) in [5.74, 6) is 0. The summed E-state index contributed by atoms with van der Waals surface area (Å²) in [6.45, 7) is 4.54. The summed E-state index contributed by atoms with van der Waals surface area (Å²) >= 11 is 0. The summed E-state index contributed by atoms with van der Waals surface area (Å²) in [5.41, 5.74) is 1.22. The minimum atomic E-state index is -0.786. The number of benzene rings is 1. The highest BCUT2D eigenvalue weighted by atomic mass is 16.7. The summed E-state index contributed by atoms with van der Waals surface area (Å²) in [6.07, 6.45) is 0.0425. The van der Waals surface area contributed by atoms with Gasteiger partial charge in [0.25, 0.3) is 0 Å². The Bertz CT molecular complexity index is 318. The first-order chi connectivity index (χ1) is 7.07. The van der Waals surface area contributed by atoms with Crippen molar-refractivity contribution in [1.82, 2.24) is 0 Å². The lowest BCUT2D eigenvalue weighted by atomic mass is 9.96. The monoisotopic (exact) mass is 208 g/mol. The third kappa shape index (κ3) is 2.37. The fourth-order valence-electron chi connectivity index (χ4n) is 1.63. The second-order valence-corrected chi connectivity index (χ2v) is 4.32. The van der Waals surface area contributed by atoms with Crippen LogP contribution >= 0.6 is 0 Å². The molecule has 1 unspecified atom stereocenters. The van der Waals surface area contributed by atoms with Gasteiger partial charge in [0.1, 0.15) is 12.9 Å². The smallest absolute Gasteiger partial charge is 0.147 e. The summed E-state index contributed by atoms with van der Waals surface area (Å²) in [5, 5.41) is 9.79. The molecule has 1 fully saturated rings. The molecule has 1 N–H and O–H groups in total. The lowest BCUT2D eigenvalue weighted by Gasteiger charge is -2.18. The average Bonchev–Trinajstić information content (AvgIpc) is 2.69. The number of hydrogen-bond acceptors (Lipinski definition) is 3. The van der Waals surface area contributed by atoms with E-state index in [-0.39, 0.29) is 6.10 Å². The van der Waals surface area contributed by atoms with Crippen molar-refractivity contribution >= 4 is 0 Å². The Morgan fingerprint density at radius 2 is 1.93 bits per heavy atom. The molecule has 0 aromatic heterocycles. The van der Waals surface area contributed by atoms with Crippen molar-refractivity contribution in [3.8, 4) is 0 Å². The quantitative estimate of drug-likeness (QED) is 0.807. The molecule has 1 aliphatic rings. The van der Waals surface area contributed by atoms with E-state index in [1.54, 1.807) is 13.8 Å². The van der Waals surface area contributed by atoms with Gasteiger partial charge in [0.15, 0.2) is 0 Å². The van der Waals surface area contributed by atoms with Crippen LogP contribution in [0.25, 0.3) is 0 Å². The van der Waals surface area contributed by atoms with Gasteiger partial charge in [0.2, 0.25) is 0 Å². The van der Waals surface area contributed by atoms with E-state index in [1.807, 2.05) is 24.3 Å². The molecule has 1 atom stereocenters. The van der Waals surface area contributed by atoms with Crippen molar-refractivity contribution in [2.24, 2.45) is 0 Å². The van der Waals surface area contributed by atoms with Crippen LogP contribution in [0.3, 0.4) is 0 Å². The van der Waals surface area contributed by atoms with Gasteiger partial charge in [-0.2, -0.15) is 0 Å². The third-order valence-corrected chi connectivity index (χ3v) is 2.61. The predicted molar refractivity (Wildman–Crippen MR) is 56.3 cm³/mol. The summed E-state index contributed by atoms with van der Waals surface area (Å²) < 4.78 is 10.5. The number of ether oxygens (including phenoxy) is 2. The summed E-state index contributed by atoms with van der Waals surface area (Å²) in [6, 6.07) is 7.81. The maximum Gasteiger partial charge on any atom is 0.147 e. The molecule has 3 nitrogen and oxygen atoms in total. The Morgan fingerprint density at radius 3 is 2.40 bits per heavy atom. The van der Waals surface area contributed by atoms with Gasteiger partial charge in [-0.05, 0) is 25.0 Å². The molecule has 0 aliphatic carbocycles. The summed E-state index contributed by atoms with van der Waals surface area (Å²) in [4.78, 5) is 0. The van der Waals surface area contributed by atoms with Crippen molar-refractivity contribution in [1.29, 1.82) is 0 Å². The van der Waals surface area contributed by atoms with E-state index in [4.69, 9.17) is 9.47 Å². The first-order valence-corrected chi connectivity index (χ1v) is 5.09. The highest BCUT2D eigenvalue weighted by molar-refractivity contribution is 5.27.